The fourth-order valence-electron chi connectivity index (χ4n) is 4.44. The van der Waals surface area contributed by atoms with E-state index in [9.17, 15) is 22.8 Å². The first-order valence-electron chi connectivity index (χ1n) is 12.4. The zero-order valence-electron chi connectivity index (χ0n) is 20.8. The van der Waals surface area contributed by atoms with Gasteiger partial charge < -0.3 is 20.7 Å². The molecule has 0 bridgehead atoms. The fourth-order valence-corrected chi connectivity index (χ4v) is 4.44. The SMILES string of the molecule is O=C(NCC(F)(F)F)Nc1cccc(-n2cnc3cc(-c4cccc(C(=O)NCC5CCCO5)c4)ccc32)c1. The van der Waals surface area contributed by atoms with Crippen molar-refractivity contribution in [1.82, 2.24) is 20.2 Å². The molecule has 0 radical (unpaired) electrons. The number of fused-ring (bicyclic) bond motifs is 1. The molecule has 11 heteroatoms. The van der Waals surface area contributed by atoms with Crippen LogP contribution >= 0.6 is 0 Å². The number of anilines is 1. The molecule has 1 aliphatic heterocycles. The number of aromatic nitrogens is 2. The Hall–Kier alpha value is -4.38. The van der Waals surface area contributed by atoms with Crippen molar-refractivity contribution in [2.45, 2.75) is 25.1 Å². The number of benzene rings is 3. The highest BCUT2D eigenvalue weighted by Gasteiger charge is 2.27. The number of hydrogen-bond acceptors (Lipinski definition) is 4. The second-order valence-corrected chi connectivity index (χ2v) is 9.22. The highest BCUT2D eigenvalue weighted by molar-refractivity contribution is 5.96. The Balaban J connectivity index is 1.31. The van der Waals surface area contributed by atoms with Crippen LogP contribution in [0.15, 0.2) is 73.1 Å². The van der Waals surface area contributed by atoms with Crippen LogP contribution < -0.4 is 16.0 Å². The van der Waals surface area contributed by atoms with Gasteiger partial charge >= 0.3 is 12.2 Å². The summed E-state index contributed by atoms with van der Waals surface area (Å²) in [6.45, 7) is -0.198. The fraction of sp³-hybridized carbons (Fsp3) is 0.250. The van der Waals surface area contributed by atoms with E-state index in [1.165, 1.54) is 0 Å². The van der Waals surface area contributed by atoms with E-state index in [4.69, 9.17) is 4.74 Å². The van der Waals surface area contributed by atoms with Gasteiger partial charge in [0.05, 0.1) is 17.1 Å². The molecular formula is C28H26F3N5O3. The van der Waals surface area contributed by atoms with E-state index in [-0.39, 0.29) is 12.0 Å². The number of imidazole rings is 1. The quantitative estimate of drug-likeness (QED) is 0.299. The molecule has 1 saturated heterocycles. The first-order valence-corrected chi connectivity index (χ1v) is 12.4. The van der Waals surface area contributed by atoms with Gasteiger partial charge in [0.15, 0.2) is 0 Å². The van der Waals surface area contributed by atoms with Gasteiger partial charge in [0.2, 0.25) is 0 Å². The van der Waals surface area contributed by atoms with Gasteiger partial charge in [-0.2, -0.15) is 13.2 Å². The van der Waals surface area contributed by atoms with E-state index in [1.54, 1.807) is 42.0 Å². The van der Waals surface area contributed by atoms with Crippen LogP contribution in [0.3, 0.4) is 0 Å². The Bertz CT molecular complexity index is 1500. The molecule has 3 amide bonds. The molecule has 202 valence electrons. The predicted octanol–water partition coefficient (Wildman–Crippen LogP) is 5.29. The molecule has 2 heterocycles. The second kappa shape index (κ2) is 11.2. The van der Waals surface area contributed by atoms with Crippen molar-refractivity contribution >= 4 is 28.7 Å². The number of halogens is 3. The van der Waals surface area contributed by atoms with Gasteiger partial charge in [-0.25, -0.2) is 9.78 Å². The molecule has 1 unspecified atom stereocenters. The van der Waals surface area contributed by atoms with Crippen molar-refractivity contribution in [1.29, 1.82) is 0 Å². The summed E-state index contributed by atoms with van der Waals surface area (Å²) in [5.74, 6) is -0.154. The van der Waals surface area contributed by atoms with E-state index >= 15 is 0 Å². The third-order valence-corrected chi connectivity index (χ3v) is 6.35. The van der Waals surface area contributed by atoms with Crippen LogP contribution in [0.2, 0.25) is 0 Å². The first-order chi connectivity index (χ1) is 18.7. The Morgan fingerprint density at radius 3 is 2.62 bits per heavy atom. The molecular weight excluding hydrogens is 511 g/mol. The third kappa shape index (κ3) is 6.55. The monoisotopic (exact) mass is 537 g/mol. The predicted molar refractivity (Wildman–Crippen MR) is 141 cm³/mol. The molecule has 5 rings (SSSR count). The topological polar surface area (TPSA) is 97.3 Å². The van der Waals surface area contributed by atoms with Gasteiger partial charge in [-0.1, -0.05) is 24.3 Å². The number of nitrogens with one attached hydrogen (secondary N) is 3. The summed E-state index contributed by atoms with van der Waals surface area (Å²) in [5, 5.41) is 7.13. The average Bonchev–Trinajstić information content (AvgIpc) is 3.60. The summed E-state index contributed by atoms with van der Waals surface area (Å²) in [7, 11) is 0. The zero-order chi connectivity index (χ0) is 27.4. The minimum atomic E-state index is -4.49. The Morgan fingerprint density at radius 2 is 1.82 bits per heavy atom. The molecule has 8 nitrogen and oxygen atoms in total. The molecule has 1 fully saturated rings. The number of rotatable bonds is 7. The highest BCUT2D eigenvalue weighted by Crippen LogP contribution is 2.27. The number of nitrogens with zero attached hydrogens (tertiary/aromatic N) is 2. The van der Waals surface area contributed by atoms with Gasteiger partial charge in [0, 0.05) is 30.1 Å². The normalized spacial score (nSPS) is 15.3. The van der Waals surface area contributed by atoms with E-state index in [1.807, 2.05) is 41.0 Å². The zero-order valence-corrected chi connectivity index (χ0v) is 20.8. The van der Waals surface area contributed by atoms with Crippen LogP contribution in [0.1, 0.15) is 23.2 Å². The number of hydrogen-bond donors (Lipinski definition) is 3. The van der Waals surface area contributed by atoms with Gasteiger partial charge in [0.1, 0.15) is 12.9 Å². The summed E-state index contributed by atoms with van der Waals surface area (Å²) in [6, 6.07) is 18.9. The van der Waals surface area contributed by atoms with Crippen molar-refractivity contribution < 1.29 is 27.5 Å². The number of urea groups is 1. The molecule has 1 aliphatic rings. The lowest BCUT2D eigenvalue weighted by Crippen LogP contribution is -2.36. The van der Waals surface area contributed by atoms with Gasteiger partial charge in [-0.05, 0) is 66.4 Å². The lowest BCUT2D eigenvalue weighted by molar-refractivity contribution is -0.122. The molecule has 3 aromatic carbocycles. The molecule has 0 aliphatic carbocycles. The van der Waals surface area contributed by atoms with E-state index < -0.39 is 18.8 Å². The summed E-state index contributed by atoms with van der Waals surface area (Å²) < 4.78 is 44.4. The van der Waals surface area contributed by atoms with E-state index in [0.29, 0.717) is 29.0 Å². The summed E-state index contributed by atoms with van der Waals surface area (Å²) in [5.41, 5.74) is 4.82. The van der Waals surface area contributed by atoms with E-state index in [2.05, 4.69) is 15.6 Å². The van der Waals surface area contributed by atoms with E-state index in [0.717, 1.165) is 36.1 Å². The molecule has 3 N–H and O–H groups in total. The van der Waals surface area contributed by atoms with Crippen LogP contribution in [0.25, 0.3) is 27.8 Å². The van der Waals surface area contributed by atoms with Crippen LogP contribution in [-0.4, -0.2) is 53.5 Å². The second-order valence-electron chi connectivity index (χ2n) is 9.22. The maximum Gasteiger partial charge on any atom is 0.405 e. The molecule has 0 saturated carbocycles. The largest absolute Gasteiger partial charge is 0.405 e. The Labute approximate surface area is 222 Å². The van der Waals surface area contributed by atoms with Crippen molar-refractivity contribution in [2.24, 2.45) is 0 Å². The third-order valence-electron chi connectivity index (χ3n) is 6.35. The molecule has 4 aromatic rings. The van der Waals surface area contributed by atoms with Gasteiger partial charge in [-0.15, -0.1) is 0 Å². The number of carbonyl (C=O) groups excluding carboxylic acids is 2. The Morgan fingerprint density at radius 1 is 1.00 bits per heavy atom. The minimum absolute atomic E-state index is 0.0673. The summed E-state index contributed by atoms with van der Waals surface area (Å²) in [4.78, 5) is 29.0. The van der Waals surface area contributed by atoms with Crippen molar-refractivity contribution in [2.75, 3.05) is 25.0 Å². The first kappa shape index (κ1) is 26.2. The Kier molecular flexibility index (Phi) is 7.51. The lowest BCUT2D eigenvalue weighted by Gasteiger charge is -2.12. The van der Waals surface area contributed by atoms with Gasteiger partial charge in [0.25, 0.3) is 5.91 Å². The number of alkyl halides is 3. The maximum atomic E-state index is 12.7. The van der Waals surface area contributed by atoms with Crippen molar-refractivity contribution in [3.63, 3.8) is 0 Å². The highest BCUT2D eigenvalue weighted by atomic mass is 19.4. The summed E-state index contributed by atoms with van der Waals surface area (Å²) in [6.07, 6.45) is -0.833. The standard InChI is InChI=1S/C28H26F3N5O3/c29-28(30,31)16-33-27(38)35-21-6-2-7-22(14-21)36-17-34-24-13-19(9-10-25(24)36)18-4-1-5-20(12-18)26(37)32-15-23-8-3-11-39-23/h1-2,4-7,9-10,12-14,17,23H,3,8,11,15-16H2,(H,32,37)(H2,33,35,38). The average molecular weight is 538 g/mol. The minimum Gasteiger partial charge on any atom is -0.376 e. The van der Waals surface area contributed by atoms with Crippen LogP contribution in [0.5, 0.6) is 0 Å². The van der Waals surface area contributed by atoms with Crippen LogP contribution in [-0.2, 0) is 4.74 Å². The van der Waals surface area contributed by atoms with Crippen LogP contribution in [0.4, 0.5) is 23.7 Å². The van der Waals surface area contributed by atoms with Crippen LogP contribution in [0, 0.1) is 0 Å². The number of ether oxygens (including phenoxy) is 1. The number of carbonyl (C=O) groups is 2. The molecule has 0 spiro atoms. The van der Waals surface area contributed by atoms with Crippen molar-refractivity contribution in [3.8, 4) is 16.8 Å². The lowest BCUT2D eigenvalue weighted by atomic mass is 10.0. The smallest absolute Gasteiger partial charge is 0.376 e. The number of amides is 3. The molecule has 39 heavy (non-hydrogen) atoms. The molecule has 1 aromatic heterocycles. The van der Waals surface area contributed by atoms with Gasteiger partial charge in [-0.3, -0.25) is 9.36 Å². The maximum absolute atomic E-state index is 12.7. The molecule has 1 atom stereocenters. The van der Waals surface area contributed by atoms with Crippen molar-refractivity contribution in [3.05, 3.63) is 78.6 Å². The summed E-state index contributed by atoms with van der Waals surface area (Å²) >= 11 is 0.